The third-order valence-electron chi connectivity index (χ3n) is 5.25. The number of rotatable bonds is 2. The average molecular weight is 385 g/mol. The molecule has 0 spiro atoms. The van der Waals surface area contributed by atoms with Gasteiger partial charge in [-0.2, -0.15) is 0 Å². The molecule has 2 aliphatic rings. The summed E-state index contributed by atoms with van der Waals surface area (Å²) < 4.78 is 5.44. The number of hydrogen-bond acceptors (Lipinski definition) is 4. The Morgan fingerprint density at radius 2 is 1.82 bits per heavy atom. The number of carbonyl (C=O) groups is 2. The first-order chi connectivity index (χ1) is 13.0. The summed E-state index contributed by atoms with van der Waals surface area (Å²) in [4.78, 5) is 26.9. The van der Waals surface area contributed by atoms with E-state index in [9.17, 15) is 9.59 Å². The first-order valence-electron chi connectivity index (χ1n) is 10.1. The van der Waals surface area contributed by atoms with E-state index in [2.05, 4.69) is 31.3 Å². The van der Waals surface area contributed by atoms with Crippen LogP contribution < -0.4 is 5.32 Å². The fraction of sp³-hybridized carbons (Fsp3) is 0.565. The van der Waals surface area contributed by atoms with E-state index in [1.54, 1.807) is 11.0 Å². The van der Waals surface area contributed by atoms with Gasteiger partial charge in [0.1, 0.15) is 5.60 Å². The van der Waals surface area contributed by atoms with Crippen LogP contribution in [0.25, 0.3) is 5.70 Å². The van der Waals surface area contributed by atoms with Crippen LogP contribution in [0.5, 0.6) is 0 Å². The number of ketones is 1. The molecule has 0 atom stereocenters. The molecular formula is C23H32N2O3. The fourth-order valence-corrected chi connectivity index (χ4v) is 3.94. The average Bonchev–Trinajstić information content (AvgIpc) is 2.59. The zero-order valence-electron chi connectivity index (χ0n) is 17.7. The Bertz CT molecular complexity index is 781. The van der Waals surface area contributed by atoms with Gasteiger partial charge in [0.05, 0.1) is 0 Å². The quantitative estimate of drug-likeness (QED) is 0.778. The maximum atomic E-state index is 12.9. The van der Waals surface area contributed by atoms with Crippen LogP contribution in [0.4, 0.5) is 4.79 Å². The first-order valence-corrected chi connectivity index (χ1v) is 10.1. The maximum Gasteiger partial charge on any atom is 0.410 e. The SMILES string of the molecule is CC1(C)Cc2ccccc2C(=CC(=O)C2CCN(C(=O)OC(C)(C)C)CC2)N1. The van der Waals surface area contributed by atoms with Crippen molar-refractivity contribution in [2.45, 2.75) is 65.0 Å². The lowest BCUT2D eigenvalue weighted by Gasteiger charge is -2.36. The molecule has 2 aliphatic heterocycles. The molecule has 0 unspecified atom stereocenters. The second kappa shape index (κ2) is 7.61. The van der Waals surface area contributed by atoms with Crippen LogP contribution in [0.2, 0.25) is 0 Å². The Morgan fingerprint density at radius 1 is 1.18 bits per heavy atom. The Labute approximate surface area is 168 Å². The van der Waals surface area contributed by atoms with E-state index < -0.39 is 5.60 Å². The zero-order valence-corrected chi connectivity index (χ0v) is 17.7. The van der Waals surface area contributed by atoms with Gasteiger partial charge in [0, 0.05) is 41.9 Å². The number of likely N-dealkylation sites (tertiary alicyclic amines) is 1. The molecule has 1 N–H and O–H groups in total. The van der Waals surface area contributed by atoms with Gasteiger partial charge >= 0.3 is 6.09 Å². The van der Waals surface area contributed by atoms with Crippen LogP contribution in [-0.4, -0.2) is 41.0 Å². The molecule has 5 nitrogen and oxygen atoms in total. The Hall–Kier alpha value is -2.30. The minimum atomic E-state index is -0.499. The lowest BCUT2D eigenvalue weighted by molar-refractivity contribution is -0.119. The van der Waals surface area contributed by atoms with Gasteiger partial charge in [-0.05, 0) is 59.4 Å². The van der Waals surface area contributed by atoms with E-state index in [-0.39, 0.29) is 23.3 Å². The van der Waals surface area contributed by atoms with Gasteiger partial charge in [0.2, 0.25) is 0 Å². The maximum absolute atomic E-state index is 12.9. The third kappa shape index (κ3) is 4.94. The van der Waals surface area contributed by atoms with Gasteiger partial charge in [-0.25, -0.2) is 4.79 Å². The molecule has 2 heterocycles. The van der Waals surface area contributed by atoms with Crippen LogP contribution in [0.15, 0.2) is 30.3 Å². The minimum absolute atomic E-state index is 0.0508. The van der Waals surface area contributed by atoms with Gasteiger partial charge in [-0.3, -0.25) is 4.79 Å². The molecule has 1 saturated heterocycles. The van der Waals surface area contributed by atoms with Crippen LogP contribution in [-0.2, 0) is 16.0 Å². The summed E-state index contributed by atoms with van der Waals surface area (Å²) in [5, 5.41) is 3.53. The molecule has 1 fully saturated rings. The van der Waals surface area contributed by atoms with Gasteiger partial charge in [-0.1, -0.05) is 24.3 Å². The molecule has 0 saturated carbocycles. The van der Waals surface area contributed by atoms with E-state index in [0.29, 0.717) is 25.9 Å². The Kier molecular flexibility index (Phi) is 5.55. The summed E-state index contributed by atoms with van der Waals surface area (Å²) in [6, 6.07) is 8.26. The molecule has 28 heavy (non-hydrogen) atoms. The van der Waals surface area contributed by atoms with Crippen molar-refractivity contribution in [2.75, 3.05) is 13.1 Å². The number of amides is 1. The molecule has 1 amide bonds. The van der Waals surface area contributed by atoms with Crippen molar-refractivity contribution in [2.24, 2.45) is 5.92 Å². The van der Waals surface area contributed by atoms with E-state index in [4.69, 9.17) is 4.74 Å². The number of allylic oxidation sites excluding steroid dienone is 1. The number of nitrogens with one attached hydrogen (secondary N) is 1. The summed E-state index contributed by atoms with van der Waals surface area (Å²) in [5.74, 6) is 0.0871. The second-order valence-electron chi connectivity index (χ2n) is 9.54. The van der Waals surface area contributed by atoms with Crippen LogP contribution >= 0.6 is 0 Å². The number of carbonyl (C=O) groups excluding carboxylic acids is 2. The van der Waals surface area contributed by atoms with E-state index >= 15 is 0 Å². The summed E-state index contributed by atoms with van der Waals surface area (Å²) in [6.07, 6.45) is 3.76. The monoisotopic (exact) mass is 384 g/mol. The molecule has 3 rings (SSSR count). The number of piperidine rings is 1. The van der Waals surface area contributed by atoms with Crippen molar-refractivity contribution in [3.05, 3.63) is 41.5 Å². The van der Waals surface area contributed by atoms with Crippen molar-refractivity contribution < 1.29 is 14.3 Å². The fourth-order valence-electron chi connectivity index (χ4n) is 3.94. The molecule has 0 bridgehead atoms. The van der Waals surface area contributed by atoms with Gasteiger partial charge in [-0.15, -0.1) is 0 Å². The molecule has 152 valence electrons. The van der Waals surface area contributed by atoms with Crippen LogP contribution in [0, 0.1) is 5.92 Å². The van der Waals surface area contributed by atoms with Gasteiger partial charge < -0.3 is 15.0 Å². The van der Waals surface area contributed by atoms with Crippen molar-refractivity contribution in [1.82, 2.24) is 10.2 Å². The summed E-state index contributed by atoms with van der Waals surface area (Å²) in [6.45, 7) is 11.0. The highest BCUT2D eigenvalue weighted by atomic mass is 16.6. The minimum Gasteiger partial charge on any atom is -0.444 e. The lowest BCUT2D eigenvalue weighted by atomic mass is 9.84. The zero-order chi connectivity index (χ0) is 20.5. The predicted molar refractivity (Wildman–Crippen MR) is 111 cm³/mol. The van der Waals surface area contributed by atoms with Crippen LogP contribution in [0.3, 0.4) is 0 Å². The van der Waals surface area contributed by atoms with Crippen molar-refractivity contribution in [3.63, 3.8) is 0 Å². The second-order valence-corrected chi connectivity index (χ2v) is 9.54. The molecule has 1 aromatic carbocycles. The van der Waals surface area contributed by atoms with Crippen molar-refractivity contribution in [1.29, 1.82) is 0 Å². The third-order valence-corrected chi connectivity index (χ3v) is 5.25. The number of fused-ring (bicyclic) bond motifs is 1. The van der Waals surface area contributed by atoms with Crippen LogP contribution in [0.1, 0.15) is 58.6 Å². The predicted octanol–water partition coefficient (Wildman–Crippen LogP) is 4.17. The Morgan fingerprint density at radius 3 is 2.46 bits per heavy atom. The van der Waals surface area contributed by atoms with E-state index in [1.165, 1.54) is 5.56 Å². The summed E-state index contributed by atoms with van der Waals surface area (Å²) in [5.41, 5.74) is 2.71. The topological polar surface area (TPSA) is 58.6 Å². The summed E-state index contributed by atoms with van der Waals surface area (Å²) in [7, 11) is 0. The van der Waals surface area contributed by atoms with E-state index in [1.807, 2.05) is 32.9 Å². The Balaban J connectivity index is 1.67. The molecule has 1 aromatic rings. The highest BCUT2D eigenvalue weighted by Crippen LogP contribution is 2.30. The number of benzene rings is 1. The first kappa shape index (κ1) is 20.4. The van der Waals surface area contributed by atoms with Crippen molar-refractivity contribution >= 4 is 17.6 Å². The van der Waals surface area contributed by atoms with Gasteiger partial charge in [0.25, 0.3) is 0 Å². The number of hydrogen-bond donors (Lipinski definition) is 1. The molecule has 0 aromatic heterocycles. The smallest absolute Gasteiger partial charge is 0.410 e. The lowest BCUT2D eigenvalue weighted by Crippen LogP contribution is -2.44. The number of ether oxygens (including phenoxy) is 1. The normalized spacial score (nSPS) is 21.0. The van der Waals surface area contributed by atoms with E-state index in [0.717, 1.165) is 17.7 Å². The van der Waals surface area contributed by atoms with Crippen molar-refractivity contribution in [3.8, 4) is 0 Å². The highest BCUT2D eigenvalue weighted by molar-refractivity contribution is 5.98. The molecule has 0 radical (unpaired) electrons. The highest BCUT2D eigenvalue weighted by Gasteiger charge is 2.31. The standard InChI is InChI=1S/C23H32N2O3/c1-22(2,3)28-21(27)25-12-10-16(11-13-25)20(26)14-19-18-9-7-6-8-17(18)15-23(4,5)24-19/h6-9,14,16,24H,10-13,15H2,1-5H3. The molecule has 5 heteroatoms. The molecular weight excluding hydrogens is 352 g/mol. The summed E-state index contributed by atoms with van der Waals surface area (Å²) >= 11 is 0. The molecule has 0 aliphatic carbocycles. The largest absolute Gasteiger partial charge is 0.444 e. The number of nitrogens with zero attached hydrogens (tertiary/aromatic N) is 1. The van der Waals surface area contributed by atoms with Gasteiger partial charge in [0.15, 0.2) is 5.78 Å².